The third-order valence-electron chi connectivity index (χ3n) is 5.79. The van der Waals surface area contributed by atoms with Crippen molar-refractivity contribution in [3.05, 3.63) is 81.9 Å². The van der Waals surface area contributed by atoms with Crippen molar-refractivity contribution in [2.45, 2.75) is 39.5 Å². The van der Waals surface area contributed by atoms with Gasteiger partial charge in [0.2, 0.25) is 0 Å². The van der Waals surface area contributed by atoms with E-state index < -0.39 is 0 Å². The predicted octanol–water partition coefficient (Wildman–Crippen LogP) is -0.0631. The van der Waals surface area contributed by atoms with E-state index in [0.29, 0.717) is 0 Å². The summed E-state index contributed by atoms with van der Waals surface area (Å²) >= 11 is 0. The monoisotopic (exact) mass is 470 g/mol. The number of aryl methyl sites for hydroxylation is 6. The third-order valence-corrected chi connectivity index (χ3v) is 5.79. The summed E-state index contributed by atoms with van der Waals surface area (Å²) in [5, 5.41) is 5.82. The molecule has 0 atom stereocenters. The number of fused-ring (bicyclic) bond motifs is 6. The Balaban J connectivity index is 0.000000871. The van der Waals surface area contributed by atoms with E-state index in [4.69, 9.17) is 0 Å². The Morgan fingerprint density at radius 2 is 1.04 bits per heavy atom. The van der Waals surface area contributed by atoms with Gasteiger partial charge in [0, 0.05) is 0 Å². The number of hydrogen-bond donors (Lipinski definition) is 0. The molecule has 0 aliphatic heterocycles. The van der Waals surface area contributed by atoms with E-state index in [0.717, 1.165) is 0 Å². The molecule has 0 saturated carbocycles. The average Bonchev–Trinajstić information content (AvgIpc) is 3.05. The van der Waals surface area contributed by atoms with Gasteiger partial charge in [0.1, 0.15) is 0 Å². The zero-order valence-corrected chi connectivity index (χ0v) is 19.7. The van der Waals surface area contributed by atoms with E-state index in [1.54, 1.807) is 22.3 Å². The molecule has 4 aromatic carbocycles. The molecule has 3 heteroatoms. The molecule has 0 fully saturated rings. The Labute approximate surface area is 193 Å². The molecule has 0 aromatic heterocycles. The van der Waals surface area contributed by atoms with Gasteiger partial charge in [-0.2, -0.15) is 12.1 Å². The van der Waals surface area contributed by atoms with Gasteiger partial charge in [-0.3, -0.25) is 0 Å². The SMILES string of the molecule is Cc1ccc2c(c1)cc1[c-]2CC[c-]2c(cc3cc(C)ccc32)CC1.[Cl-].[Cl-].[Zr+4]. The average molecular weight is 473 g/mol. The van der Waals surface area contributed by atoms with Crippen LogP contribution in [-0.2, 0) is 51.9 Å². The van der Waals surface area contributed by atoms with E-state index in [-0.39, 0.29) is 51.0 Å². The van der Waals surface area contributed by atoms with Crippen molar-refractivity contribution in [3.63, 3.8) is 0 Å². The van der Waals surface area contributed by atoms with Gasteiger partial charge in [0.25, 0.3) is 0 Å². The van der Waals surface area contributed by atoms with Crippen LogP contribution in [0.2, 0.25) is 0 Å². The largest absolute Gasteiger partial charge is 4.00 e. The van der Waals surface area contributed by atoms with Crippen LogP contribution in [0.1, 0.15) is 33.4 Å². The van der Waals surface area contributed by atoms with E-state index in [1.165, 1.54) is 58.4 Å². The molecule has 5 rings (SSSR count). The van der Waals surface area contributed by atoms with Crippen molar-refractivity contribution >= 4 is 21.5 Å². The van der Waals surface area contributed by atoms with E-state index in [2.05, 4.69) is 62.4 Å². The molecule has 0 amide bonds. The first-order chi connectivity index (χ1) is 11.7. The van der Waals surface area contributed by atoms with Crippen molar-refractivity contribution in [1.29, 1.82) is 0 Å². The molecule has 136 valence electrons. The number of benzene rings is 2. The van der Waals surface area contributed by atoms with Crippen molar-refractivity contribution in [2.24, 2.45) is 0 Å². The van der Waals surface area contributed by atoms with Crippen LogP contribution in [0.4, 0.5) is 0 Å². The molecule has 27 heavy (non-hydrogen) atoms. The molecule has 1 aliphatic rings. The molecule has 0 radical (unpaired) electrons. The Morgan fingerprint density at radius 1 is 0.630 bits per heavy atom. The maximum Gasteiger partial charge on any atom is 4.00 e. The van der Waals surface area contributed by atoms with Gasteiger partial charge in [0.05, 0.1) is 0 Å². The maximum atomic E-state index is 2.44. The van der Waals surface area contributed by atoms with Gasteiger partial charge in [-0.05, 0) is 26.7 Å². The fraction of sp³-hybridized carbons (Fsp3) is 0.250. The fourth-order valence-corrected chi connectivity index (χ4v) is 4.60. The summed E-state index contributed by atoms with van der Waals surface area (Å²) in [6.45, 7) is 4.38. The Kier molecular flexibility index (Phi) is 7.18. The van der Waals surface area contributed by atoms with Crippen LogP contribution in [0.15, 0.2) is 48.5 Å². The summed E-state index contributed by atoms with van der Waals surface area (Å²) in [6, 6.07) is 18.7. The predicted molar refractivity (Wildman–Crippen MR) is 103 cm³/mol. The summed E-state index contributed by atoms with van der Waals surface area (Å²) in [4.78, 5) is 0. The summed E-state index contributed by atoms with van der Waals surface area (Å²) in [7, 11) is 0. The van der Waals surface area contributed by atoms with Crippen LogP contribution in [0.25, 0.3) is 21.5 Å². The van der Waals surface area contributed by atoms with Crippen LogP contribution in [-0.4, -0.2) is 0 Å². The second-order valence-corrected chi connectivity index (χ2v) is 7.48. The Morgan fingerprint density at radius 3 is 1.44 bits per heavy atom. The van der Waals surface area contributed by atoms with Crippen LogP contribution in [0, 0.1) is 13.8 Å². The molecule has 0 N–H and O–H groups in total. The zero-order valence-electron chi connectivity index (χ0n) is 15.7. The van der Waals surface area contributed by atoms with Crippen LogP contribution >= 0.6 is 0 Å². The molecule has 0 unspecified atom stereocenters. The normalized spacial score (nSPS) is 12.8. The topological polar surface area (TPSA) is 0 Å². The first-order valence-electron chi connectivity index (χ1n) is 9.04. The van der Waals surface area contributed by atoms with Gasteiger partial charge in [-0.15, -0.1) is 80.2 Å². The van der Waals surface area contributed by atoms with E-state index >= 15 is 0 Å². The third kappa shape index (κ3) is 3.84. The van der Waals surface area contributed by atoms with Crippen molar-refractivity contribution < 1.29 is 51.0 Å². The van der Waals surface area contributed by atoms with Crippen LogP contribution in [0.5, 0.6) is 0 Å². The number of rotatable bonds is 0. The van der Waals surface area contributed by atoms with Crippen molar-refractivity contribution in [3.8, 4) is 0 Å². The van der Waals surface area contributed by atoms with Gasteiger partial charge in [0.15, 0.2) is 0 Å². The minimum absolute atomic E-state index is 0. The minimum Gasteiger partial charge on any atom is -1.00 e. The molecule has 0 nitrogen and oxygen atoms in total. The molecular weight excluding hydrogens is 450 g/mol. The zero-order chi connectivity index (χ0) is 16.3. The first kappa shape index (κ1) is 22.4. The molecule has 0 bridgehead atoms. The second kappa shape index (κ2) is 8.65. The number of hydrogen-bond acceptors (Lipinski definition) is 0. The minimum atomic E-state index is 0. The quantitative estimate of drug-likeness (QED) is 0.315. The van der Waals surface area contributed by atoms with Gasteiger partial charge < -0.3 is 24.8 Å². The summed E-state index contributed by atoms with van der Waals surface area (Å²) in [5.41, 5.74) is 9.05. The summed E-state index contributed by atoms with van der Waals surface area (Å²) < 4.78 is 0. The second-order valence-electron chi connectivity index (χ2n) is 7.48. The van der Waals surface area contributed by atoms with E-state index in [1.807, 2.05) is 0 Å². The van der Waals surface area contributed by atoms with Gasteiger partial charge >= 0.3 is 26.2 Å². The Bertz CT molecular complexity index is 997. The summed E-state index contributed by atoms with van der Waals surface area (Å²) in [6.07, 6.45) is 4.68. The smallest absolute Gasteiger partial charge is 1.00 e. The van der Waals surface area contributed by atoms with Crippen LogP contribution in [0.3, 0.4) is 0 Å². The van der Waals surface area contributed by atoms with Crippen molar-refractivity contribution in [1.82, 2.24) is 0 Å². The molecule has 1 aliphatic carbocycles. The van der Waals surface area contributed by atoms with Crippen molar-refractivity contribution in [2.75, 3.05) is 0 Å². The van der Waals surface area contributed by atoms with E-state index in [9.17, 15) is 0 Å². The first-order valence-corrected chi connectivity index (χ1v) is 9.04. The number of halogens is 2. The standard InChI is InChI=1S/C24H22.2ClH.Zr/c1-15-3-7-23-19(11-15)13-17-5-6-18-14-20-12-16(2)4-8-24(20)22(18)10-9-21(17)23;;;/h3-4,7-8,11-14H,5-6,9-10H2,1-2H3;2*1H;/q-2;;;+4/p-2. The Hall–Kier alpha value is -0.877. The van der Waals surface area contributed by atoms with Gasteiger partial charge in [-0.25, -0.2) is 0 Å². The molecule has 0 heterocycles. The fourth-order valence-electron chi connectivity index (χ4n) is 4.60. The van der Waals surface area contributed by atoms with Gasteiger partial charge in [-0.1, -0.05) is 24.0 Å². The molecule has 0 spiro atoms. The molecule has 0 saturated heterocycles. The summed E-state index contributed by atoms with van der Waals surface area (Å²) in [5.74, 6) is 0. The molecule has 4 aromatic rings. The molecular formula is C24H22Cl2Zr. The van der Waals surface area contributed by atoms with Crippen LogP contribution < -0.4 is 24.8 Å². The maximum absolute atomic E-state index is 2.44.